The van der Waals surface area contributed by atoms with Gasteiger partial charge in [-0.1, -0.05) is 6.07 Å². The number of aromatic nitrogens is 1. The van der Waals surface area contributed by atoms with Gasteiger partial charge in [-0.25, -0.2) is 9.78 Å². The average Bonchev–Trinajstić information content (AvgIpc) is 3.07. The lowest BCUT2D eigenvalue weighted by molar-refractivity contribution is 0.239. The molecule has 0 aliphatic rings. The number of carbonyl (C=O) groups is 1. The minimum absolute atomic E-state index is 0.232. The van der Waals surface area contributed by atoms with Crippen LogP contribution in [0.3, 0.4) is 0 Å². The van der Waals surface area contributed by atoms with Crippen LogP contribution in [-0.2, 0) is 13.1 Å². The van der Waals surface area contributed by atoms with E-state index in [2.05, 4.69) is 34.4 Å². The zero-order valence-electron chi connectivity index (χ0n) is 13.0. The number of amides is 2. The fourth-order valence-corrected chi connectivity index (χ4v) is 2.08. The Labute approximate surface area is 130 Å². The Bertz CT molecular complexity index is 562. The molecule has 6 heteroatoms. The van der Waals surface area contributed by atoms with Crippen molar-refractivity contribution in [2.75, 3.05) is 18.0 Å². The van der Waals surface area contributed by atoms with Crippen LogP contribution in [-0.4, -0.2) is 24.1 Å². The molecule has 22 heavy (non-hydrogen) atoms. The van der Waals surface area contributed by atoms with E-state index in [1.807, 2.05) is 18.2 Å². The first kappa shape index (κ1) is 15.9. The van der Waals surface area contributed by atoms with E-state index in [0.717, 1.165) is 30.2 Å². The van der Waals surface area contributed by atoms with Crippen LogP contribution in [0.15, 0.2) is 41.1 Å². The van der Waals surface area contributed by atoms with Gasteiger partial charge in [0, 0.05) is 25.8 Å². The van der Waals surface area contributed by atoms with E-state index in [1.165, 1.54) is 0 Å². The molecule has 2 N–H and O–H groups in total. The average molecular weight is 302 g/mol. The number of pyridine rings is 1. The highest BCUT2D eigenvalue weighted by molar-refractivity contribution is 5.73. The van der Waals surface area contributed by atoms with Gasteiger partial charge in [-0.3, -0.25) is 0 Å². The van der Waals surface area contributed by atoms with Crippen LogP contribution in [0.25, 0.3) is 0 Å². The number of rotatable bonds is 7. The van der Waals surface area contributed by atoms with E-state index in [1.54, 1.807) is 18.5 Å². The molecule has 0 aliphatic heterocycles. The molecule has 2 heterocycles. The number of nitrogens with zero attached hydrogens (tertiary/aromatic N) is 2. The Kier molecular flexibility index (Phi) is 5.82. The second-order valence-electron chi connectivity index (χ2n) is 4.81. The first-order valence-corrected chi connectivity index (χ1v) is 7.46. The molecule has 0 bridgehead atoms. The van der Waals surface area contributed by atoms with Gasteiger partial charge < -0.3 is 20.0 Å². The van der Waals surface area contributed by atoms with Crippen LogP contribution in [0, 0.1) is 0 Å². The van der Waals surface area contributed by atoms with Gasteiger partial charge in [0.1, 0.15) is 11.6 Å². The van der Waals surface area contributed by atoms with Gasteiger partial charge in [0.2, 0.25) is 0 Å². The standard InChI is InChI=1S/C16H22N4O2/c1-3-20(4-2)15-8-7-13(10-17-15)11-18-16(21)19-12-14-6-5-9-22-14/h5-10H,3-4,11-12H2,1-2H3,(H2,18,19,21). The van der Waals surface area contributed by atoms with Crippen molar-refractivity contribution >= 4 is 11.8 Å². The molecule has 2 aromatic rings. The lowest BCUT2D eigenvalue weighted by Crippen LogP contribution is -2.34. The summed E-state index contributed by atoms with van der Waals surface area (Å²) in [6, 6.07) is 7.33. The number of nitrogens with one attached hydrogen (secondary N) is 2. The largest absolute Gasteiger partial charge is 0.467 e. The number of urea groups is 1. The molecule has 0 aliphatic carbocycles. The predicted molar refractivity (Wildman–Crippen MR) is 85.6 cm³/mol. The summed E-state index contributed by atoms with van der Waals surface area (Å²) in [5.74, 6) is 1.68. The molecular formula is C16H22N4O2. The summed E-state index contributed by atoms with van der Waals surface area (Å²) in [4.78, 5) is 18.3. The van der Waals surface area contributed by atoms with Crippen molar-refractivity contribution in [2.24, 2.45) is 0 Å². The molecule has 0 fully saturated rings. The zero-order chi connectivity index (χ0) is 15.8. The van der Waals surface area contributed by atoms with Gasteiger partial charge in [-0.05, 0) is 37.6 Å². The molecule has 2 rings (SSSR count). The fraction of sp³-hybridized carbons (Fsp3) is 0.375. The third-order valence-corrected chi connectivity index (χ3v) is 3.35. The molecule has 0 saturated heterocycles. The summed E-state index contributed by atoms with van der Waals surface area (Å²) in [5, 5.41) is 5.52. The third kappa shape index (κ3) is 4.51. The van der Waals surface area contributed by atoms with E-state index >= 15 is 0 Å². The third-order valence-electron chi connectivity index (χ3n) is 3.35. The van der Waals surface area contributed by atoms with E-state index in [4.69, 9.17) is 4.42 Å². The molecule has 0 aromatic carbocycles. The first-order chi connectivity index (χ1) is 10.7. The van der Waals surface area contributed by atoms with E-state index in [9.17, 15) is 4.79 Å². The van der Waals surface area contributed by atoms with E-state index in [0.29, 0.717) is 13.1 Å². The number of hydrogen-bond donors (Lipinski definition) is 2. The zero-order valence-corrected chi connectivity index (χ0v) is 13.0. The molecule has 2 amide bonds. The van der Waals surface area contributed by atoms with Gasteiger partial charge in [0.15, 0.2) is 0 Å². The Morgan fingerprint density at radius 3 is 2.55 bits per heavy atom. The number of furan rings is 1. The Morgan fingerprint density at radius 2 is 1.95 bits per heavy atom. The van der Waals surface area contributed by atoms with Crippen molar-refractivity contribution in [1.29, 1.82) is 0 Å². The predicted octanol–water partition coefficient (Wildman–Crippen LogP) is 2.52. The summed E-state index contributed by atoms with van der Waals surface area (Å²) in [7, 11) is 0. The molecule has 0 unspecified atom stereocenters. The van der Waals surface area contributed by atoms with Gasteiger partial charge >= 0.3 is 6.03 Å². The molecule has 0 atom stereocenters. The summed E-state index contributed by atoms with van der Waals surface area (Å²) in [6.07, 6.45) is 3.37. The molecule has 118 valence electrons. The van der Waals surface area contributed by atoms with Crippen molar-refractivity contribution < 1.29 is 9.21 Å². The molecule has 0 spiro atoms. The minimum atomic E-state index is -0.232. The summed E-state index contributed by atoms with van der Waals surface area (Å²) in [6.45, 7) is 6.87. The lowest BCUT2D eigenvalue weighted by atomic mass is 10.2. The second-order valence-corrected chi connectivity index (χ2v) is 4.81. The van der Waals surface area contributed by atoms with Gasteiger partial charge in [0.05, 0.1) is 12.8 Å². The topological polar surface area (TPSA) is 70.4 Å². The van der Waals surface area contributed by atoms with Crippen LogP contribution in [0.5, 0.6) is 0 Å². The van der Waals surface area contributed by atoms with Crippen LogP contribution in [0.2, 0.25) is 0 Å². The van der Waals surface area contributed by atoms with E-state index < -0.39 is 0 Å². The monoisotopic (exact) mass is 302 g/mol. The normalized spacial score (nSPS) is 10.3. The first-order valence-electron chi connectivity index (χ1n) is 7.46. The maximum atomic E-state index is 11.7. The summed E-state index contributed by atoms with van der Waals surface area (Å²) < 4.78 is 5.15. The quantitative estimate of drug-likeness (QED) is 0.824. The van der Waals surface area contributed by atoms with Gasteiger partial charge in [0.25, 0.3) is 0 Å². The highest BCUT2D eigenvalue weighted by atomic mass is 16.3. The molecule has 6 nitrogen and oxygen atoms in total. The van der Waals surface area contributed by atoms with E-state index in [-0.39, 0.29) is 6.03 Å². The maximum absolute atomic E-state index is 11.7. The molecule has 0 radical (unpaired) electrons. The van der Waals surface area contributed by atoms with Crippen molar-refractivity contribution in [3.05, 3.63) is 48.0 Å². The van der Waals surface area contributed by atoms with Crippen LogP contribution in [0.1, 0.15) is 25.2 Å². The summed E-state index contributed by atoms with van der Waals surface area (Å²) >= 11 is 0. The Hall–Kier alpha value is -2.50. The lowest BCUT2D eigenvalue weighted by Gasteiger charge is -2.19. The minimum Gasteiger partial charge on any atom is -0.467 e. The van der Waals surface area contributed by atoms with Crippen molar-refractivity contribution in [1.82, 2.24) is 15.6 Å². The van der Waals surface area contributed by atoms with Gasteiger partial charge in [-0.15, -0.1) is 0 Å². The molecule has 0 saturated carbocycles. The Morgan fingerprint density at radius 1 is 1.18 bits per heavy atom. The summed E-state index contributed by atoms with van der Waals surface area (Å²) in [5.41, 5.74) is 0.962. The smallest absolute Gasteiger partial charge is 0.315 e. The fourth-order valence-electron chi connectivity index (χ4n) is 2.08. The molecule has 2 aromatic heterocycles. The highest BCUT2D eigenvalue weighted by Crippen LogP contribution is 2.10. The van der Waals surface area contributed by atoms with Crippen molar-refractivity contribution in [3.63, 3.8) is 0 Å². The number of anilines is 1. The second kappa shape index (κ2) is 8.07. The number of carbonyl (C=O) groups excluding carboxylic acids is 1. The van der Waals surface area contributed by atoms with Crippen molar-refractivity contribution in [2.45, 2.75) is 26.9 Å². The Balaban J connectivity index is 1.77. The van der Waals surface area contributed by atoms with Crippen molar-refractivity contribution in [3.8, 4) is 0 Å². The maximum Gasteiger partial charge on any atom is 0.315 e. The molecular weight excluding hydrogens is 280 g/mol. The van der Waals surface area contributed by atoms with Gasteiger partial charge in [-0.2, -0.15) is 0 Å². The van der Waals surface area contributed by atoms with Crippen LogP contribution < -0.4 is 15.5 Å². The number of hydrogen-bond acceptors (Lipinski definition) is 4. The van der Waals surface area contributed by atoms with Crippen LogP contribution in [0.4, 0.5) is 10.6 Å². The highest BCUT2D eigenvalue weighted by Gasteiger charge is 2.05. The SMILES string of the molecule is CCN(CC)c1ccc(CNC(=O)NCc2ccco2)cn1. The van der Waals surface area contributed by atoms with Crippen LogP contribution >= 0.6 is 0 Å².